The molecular formula is C16H23FN4O2. The zero-order valence-corrected chi connectivity index (χ0v) is 13.3. The highest BCUT2D eigenvalue weighted by Gasteiger charge is 2.20. The van der Waals surface area contributed by atoms with Gasteiger partial charge in [-0.1, -0.05) is 0 Å². The predicted molar refractivity (Wildman–Crippen MR) is 87.0 cm³/mol. The minimum Gasteiger partial charge on any atom is -0.493 e. The second-order valence-corrected chi connectivity index (χ2v) is 6.03. The third-order valence-electron chi connectivity index (χ3n) is 4.42. The molecule has 2 heterocycles. The maximum atomic E-state index is 14.0. The van der Waals surface area contributed by atoms with E-state index in [-0.39, 0.29) is 5.82 Å². The molecule has 6 nitrogen and oxygen atoms in total. The van der Waals surface area contributed by atoms with Gasteiger partial charge in [0.05, 0.1) is 24.1 Å². The van der Waals surface area contributed by atoms with E-state index in [0.29, 0.717) is 29.2 Å². The molecule has 0 spiro atoms. The number of aromatic amines is 1. The van der Waals surface area contributed by atoms with Crippen molar-refractivity contribution in [2.75, 3.05) is 45.7 Å². The summed E-state index contributed by atoms with van der Waals surface area (Å²) in [4.78, 5) is 2.40. The Morgan fingerprint density at radius 3 is 2.91 bits per heavy atom. The summed E-state index contributed by atoms with van der Waals surface area (Å²) in [6.45, 7) is 4.47. The van der Waals surface area contributed by atoms with Gasteiger partial charge in [-0.05, 0) is 31.8 Å². The molecular weight excluding hydrogens is 299 g/mol. The van der Waals surface area contributed by atoms with E-state index in [1.165, 1.54) is 6.07 Å². The minimum atomic E-state index is -0.405. The molecule has 3 rings (SSSR count). The lowest BCUT2D eigenvalue weighted by Crippen LogP contribution is -2.37. The lowest BCUT2D eigenvalue weighted by atomic mass is 9.98. The van der Waals surface area contributed by atoms with E-state index in [1.807, 2.05) is 0 Å². The number of aromatic nitrogens is 2. The molecule has 0 saturated carbocycles. The average molecular weight is 322 g/mol. The van der Waals surface area contributed by atoms with Gasteiger partial charge in [-0.25, -0.2) is 4.39 Å². The van der Waals surface area contributed by atoms with Gasteiger partial charge in [0.25, 0.3) is 0 Å². The smallest absolute Gasteiger partial charge is 0.156 e. The number of ether oxygens (including phenoxy) is 2. The van der Waals surface area contributed by atoms with Crippen LogP contribution in [0.1, 0.15) is 12.8 Å². The molecule has 0 aliphatic carbocycles. The Bertz CT molecular complexity index is 653. The van der Waals surface area contributed by atoms with Gasteiger partial charge in [-0.3, -0.25) is 5.10 Å². The van der Waals surface area contributed by atoms with E-state index < -0.39 is 5.82 Å². The van der Waals surface area contributed by atoms with Crippen molar-refractivity contribution in [1.82, 2.24) is 15.1 Å². The lowest BCUT2D eigenvalue weighted by Gasteiger charge is -2.31. The van der Waals surface area contributed by atoms with E-state index in [2.05, 4.69) is 15.1 Å². The van der Waals surface area contributed by atoms with Gasteiger partial charge in [0.15, 0.2) is 5.82 Å². The third-order valence-corrected chi connectivity index (χ3v) is 4.42. The normalized spacial score (nSPS) is 17.0. The monoisotopic (exact) mass is 322 g/mol. The van der Waals surface area contributed by atoms with Gasteiger partial charge < -0.3 is 20.1 Å². The number of nitrogen functional groups attached to an aromatic ring is 1. The molecule has 3 N–H and O–H groups in total. The maximum Gasteiger partial charge on any atom is 0.156 e. The Labute approximate surface area is 134 Å². The topological polar surface area (TPSA) is 76.4 Å². The van der Waals surface area contributed by atoms with Gasteiger partial charge in [0, 0.05) is 25.8 Å². The van der Waals surface area contributed by atoms with Crippen LogP contribution in [0.4, 0.5) is 10.2 Å². The molecule has 23 heavy (non-hydrogen) atoms. The van der Waals surface area contributed by atoms with E-state index in [4.69, 9.17) is 15.2 Å². The highest BCUT2D eigenvalue weighted by Crippen LogP contribution is 2.27. The summed E-state index contributed by atoms with van der Waals surface area (Å²) < 4.78 is 24.9. The van der Waals surface area contributed by atoms with Gasteiger partial charge in [-0.15, -0.1) is 0 Å². The van der Waals surface area contributed by atoms with Crippen LogP contribution in [0.25, 0.3) is 10.9 Å². The number of nitrogens with zero attached hydrogens (tertiary/aromatic N) is 2. The number of fused-ring (bicyclic) bond motifs is 1. The zero-order valence-electron chi connectivity index (χ0n) is 13.3. The number of methoxy groups -OCH3 is 1. The van der Waals surface area contributed by atoms with E-state index >= 15 is 0 Å². The van der Waals surface area contributed by atoms with Gasteiger partial charge in [0.2, 0.25) is 0 Å². The number of H-pyrrole nitrogens is 1. The lowest BCUT2D eigenvalue weighted by molar-refractivity contribution is 0.105. The van der Waals surface area contributed by atoms with Crippen LogP contribution in [0.15, 0.2) is 12.1 Å². The number of nitrogens with one attached hydrogen (secondary N) is 1. The van der Waals surface area contributed by atoms with Crippen LogP contribution in [-0.4, -0.2) is 55.1 Å². The van der Waals surface area contributed by atoms with Crippen molar-refractivity contribution in [3.05, 3.63) is 17.9 Å². The third kappa shape index (κ3) is 3.73. The number of likely N-dealkylation sites (tertiary alicyclic amines) is 1. The van der Waals surface area contributed by atoms with Crippen LogP contribution in [0, 0.1) is 11.7 Å². The first-order valence-corrected chi connectivity index (χ1v) is 7.94. The van der Waals surface area contributed by atoms with Crippen molar-refractivity contribution < 1.29 is 13.9 Å². The quantitative estimate of drug-likeness (QED) is 0.851. The van der Waals surface area contributed by atoms with Gasteiger partial charge in [-0.2, -0.15) is 5.10 Å². The number of hydrogen-bond acceptors (Lipinski definition) is 5. The van der Waals surface area contributed by atoms with Crippen LogP contribution in [-0.2, 0) is 4.74 Å². The highest BCUT2D eigenvalue weighted by atomic mass is 19.1. The summed E-state index contributed by atoms with van der Waals surface area (Å²) in [6.07, 6.45) is 2.18. The van der Waals surface area contributed by atoms with E-state index in [0.717, 1.165) is 39.1 Å². The molecule has 1 fully saturated rings. The number of halogens is 1. The minimum absolute atomic E-state index is 0.174. The van der Waals surface area contributed by atoms with Gasteiger partial charge in [0.1, 0.15) is 11.6 Å². The first-order chi connectivity index (χ1) is 11.2. The predicted octanol–water partition coefficient (Wildman–Crippen LogP) is 2.02. The molecule has 0 atom stereocenters. The first-order valence-electron chi connectivity index (χ1n) is 7.94. The van der Waals surface area contributed by atoms with Crippen molar-refractivity contribution in [3.8, 4) is 5.75 Å². The number of piperidine rings is 1. The SMILES string of the molecule is COCCN1CCC(COc2cc(F)c3c(N)n[nH]c3c2)CC1. The van der Waals surface area contributed by atoms with E-state index in [9.17, 15) is 4.39 Å². The second-order valence-electron chi connectivity index (χ2n) is 6.03. The molecule has 1 aromatic carbocycles. The Morgan fingerprint density at radius 1 is 1.39 bits per heavy atom. The molecule has 0 bridgehead atoms. The summed E-state index contributed by atoms with van der Waals surface area (Å²) in [5.74, 6) is 0.783. The van der Waals surface area contributed by atoms with Crippen LogP contribution >= 0.6 is 0 Å². The van der Waals surface area contributed by atoms with Crippen molar-refractivity contribution in [2.24, 2.45) is 5.92 Å². The molecule has 2 aromatic rings. The van der Waals surface area contributed by atoms with Crippen LogP contribution in [0.5, 0.6) is 5.75 Å². The van der Waals surface area contributed by atoms with Crippen LogP contribution in [0.3, 0.4) is 0 Å². The summed E-state index contributed by atoms with van der Waals surface area (Å²) in [5, 5.41) is 6.86. The average Bonchev–Trinajstić information content (AvgIpc) is 2.93. The van der Waals surface area contributed by atoms with E-state index in [1.54, 1.807) is 13.2 Å². The van der Waals surface area contributed by atoms with Gasteiger partial charge >= 0.3 is 0 Å². The molecule has 1 saturated heterocycles. The fourth-order valence-electron chi connectivity index (χ4n) is 3.00. The number of nitrogens with two attached hydrogens (primary N) is 1. The van der Waals surface area contributed by atoms with Crippen molar-refractivity contribution in [1.29, 1.82) is 0 Å². The Morgan fingerprint density at radius 2 is 2.17 bits per heavy atom. The largest absolute Gasteiger partial charge is 0.493 e. The fraction of sp³-hybridized carbons (Fsp3) is 0.562. The number of hydrogen-bond donors (Lipinski definition) is 2. The molecule has 7 heteroatoms. The number of rotatable bonds is 6. The number of anilines is 1. The Balaban J connectivity index is 1.53. The summed E-state index contributed by atoms with van der Waals surface area (Å²) >= 11 is 0. The summed E-state index contributed by atoms with van der Waals surface area (Å²) in [5.41, 5.74) is 6.19. The summed E-state index contributed by atoms with van der Waals surface area (Å²) in [6, 6.07) is 3.12. The van der Waals surface area contributed by atoms with Crippen LogP contribution in [0.2, 0.25) is 0 Å². The Hall–Kier alpha value is -1.86. The maximum absolute atomic E-state index is 14.0. The second kappa shape index (κ2) is 7.14. The van der Waals surface area contributed by atoms with Crippen molar-refractivity contribution in [3.63, 3.8) is 0 Å². The van der Waals surface area contributed by atoms with Crippen molar-refractivity contribution >= 4 is 16.7 Å². The molecule has 0 amide bonds. The molecule has 0 radical (unpaired) electrons. The zero-order chi connectivity index (χ0) is 16.2. The first kappa shape index (κ1) is 16.0. The Kier molecular flexibility index (Phi) is 4.97. The molecule has 1 aliphatic rings. The molecule has 0 unspecified atom stereocenters. The number of benzene rings is 1. The standard InChI is InChI=1S/C16H23FN4O2/c1-22-7-6-21-4-2-11(3-5-21)10-23-12-8-13(17)15-14(9-12)19-20-16(15)18/h8-9,11H,2-7,10H2,1H3,(H3,18,19,20). The summed E-state index contributed by atoms with van der Waals surface area (Å²) in [7, 11) is 1.73. The molecule has 1 aliphatic heterocycles. The van der Waals surface area contributed by atoms with Crippen LogP contribution < -0.4 is 10.5 Å². The molecule has 126 valence electrons. The van der Waals surface area contributed by atoms with Crippen molar-refractivity contribution in [2.45, 2.75) is 12.8 Å². The highest BCUT2D eigenvalue weighted by molar-refractivity contribution is 5.90. The fourth-order valence-corrected chi connectivity index (χ4v) is 3.00. The molecule has 1 aromatic heterocycles.